The predicted octanol–water partition coefficient (Wildman–Crippen LogP) is 2.11. The fourth-order valence-electron chi connectivity index (χ4n) is 1.94. The van der Waals surface area contributed by atoms with E-state index in [2.05, 4.69) is 40.1 Å². The van der Waals surface area contributed by atoms with Crippen LogP contribution in [-0.2, 0) is 11.2 Å². The summed E-state index contributed by atoms with van der Waals surface area (Å²) in [6.45, 7) is 2.05. The average molecular weight is 285 g/mol. The summed E-state index contributed by atoms with van der Waals surface area (Å²) < 4.78 is 0. The van der Waals surface area contributed by atoms with Crippen molar-refractivity contribution in [1.29, 1.82) is 0 Å². The van der Waals surface area contributed by atoms with Crippen molar-refractivity contribution in [2.24, 2.45) is 0 Å². The maximum absolute atomic E-state index is 11.6. The normalized spacial score (nSPS) is 10.1. The Morgan fingerprint density at radius 3 is 2.52 bits per heavy atom. The van der Waals surface area contributed by atoms with Gasteiger partial charge in [-0.1, -0.05) is 29.8 Å². The molecule has 0 saturated heterocycles. The summed E-state index contributed by atoms with van der Waals surface area (Å²) >= 11 is 0. The lowest BCUT2D eigenvalue weighted by Gasteiger charge is -2.06. The van der Waals surface area contributed by atoms with Gasteiger partial charge in [-0.05, 0) is 37.5 Å². The van der Waals surface area contributed by atoms with Gasteiger partial charge in [0.1, 0.15) is 5.69 Å². The molecule has 0 bridgehead atoms. The van der Waals surface area contributed by atoms with Gasteiger partial charge < -0.3 is 4.98 Å². The van der Waals surface area contributed by atoms with E-state index in [1.54, 1.807) is 18.3 Å². The quantitative estimate of drug-likeness (QED) is 0.736. The summed E-state index contributed by atoms with van der Waals surface area (Å²) in [6.07, 6.45) is 3.61. The number of aryl methyl sites for hydroxylation is 2. The van der Waals surface area contributed by atoms with Crippen LogP contribution in [0.15, 0.2) is 42.6 Å². The van der Waals surface area contributed by atoms with Crippen LogP contribution < -0.4 is 10.9 Å². The van der Waals surface area contributed by atoms with Gasteiger partial charge in [-0.15, -0.1) is 0 Å². The molecule has 0 atom stereocenters. The Morgan fingerprint density at radius 2 is 1.86 bits per heavy atom. The molecule has 2 rings (SSSR count). The third-order valence-corrected chi connectivity index (χ3v) is 3.15. The molecule has 110 valence electrons. The summed E-state index contributed by atoms with van der Waals surface area (Å²) in [4.78, 5) is 26.0. The van der Waals surface area contributed by atoms with E-state index in [9.17, 15) is 9.59 Å². The number of nitrogens with one attached hydrogen (secondary N) is 3. The van der Waals surface area contributed by atoms with Crippen LogP contribution in [0.4, 0.5) is 0 Å². The monoisotopic (exact) mass is 285 g/mol. The second-order valence-electron chi connectivity index (χ2n) is 4.93. The largest absolute Gasteiger partial charge is 0.357 e. The molecule has 1 aromatic heterocycles. The highest BCUT2D eigenvalue weighted by Crippen LogP contribution is 2.07. The molecule has 0 saturated carbocycles. The fraction of sp³-hybridized carbons (Fsp3) is 0.250. The molecule has 0 aliphatic rings. The van der Waals surface area contributed by atoms with E-state index in [1.807, 2.05) is 6.92 Å². The van der Waals surface area contributed by atoms with Gasteiger partial charge in [-0.2, -0.15) is 0 Å². The molecule has 0 aliphatic heterocycles. The number of hydrogen-bond donors (Lipinski definition) is 3. The molecule has 21 heavy (non-hydrogen) atoms. The van der Waals surface area contributed by atoms with Crippen LogP contribution >= 0.6 is 0 Å². The lowest BCUT2D eigenvalue weighted by Crippen LogP contribution is -2.41. The van der Waals surface area contributed by atoms with E-state index in [-0.39, 0.29) is 11.8 Å². The number of rotatable bonds is 5. The maximum atomic E-state index is 11.6. The fourth-order valence-corrected chi connectivity index (χ4v) is 1.94. The first-order valence-electron chi connectivity index (χ1n) is 6.93. The second kappa shape index (κ2) is 7.28. The van der Waals surface area contributed by atoms with E-state index in [1.165, 1.54) is 11.1 Å². The first-order valence-corrected chi connectivity index (χ1v) is 6.93. The molecule has 0 radical (unpaired) electrons. The van der Waals surface area contributed by atoms with Gasteiger partial charge in [-0.25, -0.2) is 0 Å². The Labute approximate surface area is 123 Å². The van der Waals surface area contributed by atoms with Crippen LogP contribution in [-0.4, -0.2) is 16.8 Å². The van der Waals surface area contributed by atoms with Crippen LogP contribution in [0.1, 0.15) is 34.5 Å². The Morgan fingerprint density at radius 1 is 1.10 bits per heavy atom. The molecule has 5 nitrogen and oxygen atoms in total. The zero-order chi connectivity index (χ0) is 15.1. The van der Waals surface area contributed by atoms with Crippen LogP contribution in [0.3, 0.4) is 0 Å². The molecule has 0 fully saturated rings. The smallest absolute Gasteiger partial charge is 0.286 e. The molecule has 1 heterocycles. The molecule has 2 aromatic rings. The van der Waals surface area contributed by atoms with Gasteiger partial charge in [0.05, 0.1) is 0 Å². The third kappa shape index (κ3) is 4.80. The summed E-state index contributed by atoms with van der Waals surface area (Å²) in [7, 11) is 0. The number of aromatic nitrogens is 1. The van der Waals surface area contributed by atoms with Crippen molar-refractivity contribution < 1.29 is 9.59 Å². The van der Waals surface area contributed by atoms with Crippen molar-refractivity contribution in [3.8, 4) is 0 Å². The number of carbonyl (C=O) groups is 2. The SMILES string of the molecule is Cc1ccc(CCCC(=O)NNC(=O)c2ccc[nH]2)cc1. The summed E-state index contributed by atoms with van der Waals surface area (Å²) in [5, 5.41) is 0. The number of H-pyrrole nitrogens is 1. The average Bonchev–Trinajstić information content (AvgIpc) is 3.01. The van der Waals surface area contributed by atoms with E-state index >= 15 is 0 Å². The summed E-state index contributed by atoms with van der Waals surface area (Å²) in [5.74, 6) is -0.547. The molecule has 3 N–H and O–H groups in total. The van der Waals surface area contributed by atoms with Crippen LogP contribution in [0.2, 0.25) is 0 Å². The van der Waals surface area contributed by atoms with Crippen molar-refractivity contribution >= 4 is 11.8 Å². The van der Waals surface area contributed by atoms with Gasteiger partial charge in [-0.3, -0.25) is 20.4 Å². The standard InChI is InChI=1S/C16H19N3O2/c1-12-7-9-13(10-8-12)4-2-6-15(20)18-19-16(21)14-5-3-11-17-14/h3,5,7-11,17H,2,4,6H2,1H3,(H,18,20)(H,19,21). The number of carbonyl (C=O) groups excluding carboxylic acids is 2. The van der Waals surface area contributed by atoms with E-state index < -0.39 is 0 Å². The van der Waals surface area contributed by atoms with E-state index in [0.717, 1.165) is 12.8 Å². The van der Waals surface area contributed by atoms with Crippen LogP contribution in [0.25, 0.3) is 0 Å². The third-order valence-electron chi connectivity index (χ3n) is 3.15. The van der Waals surface area contributed by atoms with Crippen molar-refractivity contribution in [3.05, 3.63) is 59.4 Å². The first-order chi connectivity index (χ1) is 10.1. The zero-order valence-electron chi connectivity index (χ0n) is 12.0. The van der Waals surface area contributed by atoms with Crippen molar-refractivity contribution in [3.63, 3.8) is 0 Å². The highest BCUT2D eigenvalue weighted by atomic mass is 16.2. The lowest BCUT2D eigenvalue weighted by atomic mass is 10.1. The van der Waals surface area contributed by atoms with Gasteiger partial charge in [0.2, 0.25) is 5.91 Å². The summed E-state index contributed by atoms with van der Waals surface area (Å²) in [6, 6.07) is 11.6. The van der Waals surface area contributed by atoms with Crippen molar-refractivity contribution in [1.82, 2.24) is 15.8 Å². The number of aromatic amines is 1. The number of amides is 2. The molecular formula is C16H19N3O2. The van der Waals surface area contributed by atoms with Crippen LogP contribution in [0, 0.1) is 6.92 Å². The van der Waals surface area contributed by atoms with Crippen molar-refractivity contribution in [2.75, 3.05) is 0 Å². The van der Waals surface area contributed by atoms with Crippen molar-refractivity contribution in [2.45, 2.75) is 26.2 Å². The Bertz CT molecular complexity index is 588. The minimum Gasteiger partial charge on any atom is -0.357 e. The van der Waals surface area contributed by atoms with E-state index in [4.69, 9.17) is 0 Å². The molecular weight excluding hydrogens is 266 g/mol. The number of hydrazine groups is 1. The van der Waals surface area contributed by atoms with Gasteiger partial charge in [0.15, 0.2) is 0 Å². The molecule has 5 heteroatoms. The second-order valence-corrected chi connectivity index (χ2v) is 4.93. The molecule has 1 aromatic carbocycles. The minimum absolute atomic E-state index is 0.193. The minimum atomic E-state index is -0.355. The molecule has 0 spiro atoms. The maximum Gasteiger partial charge on any atom is 0.286 e. The Kier molecular flexibility index (Phi) is 5.15. The van der Waals surface area contributed by atoms with Gasteiger partial charge >= 0.3 is 0 Å². The molecule has 0 unspecified atom stereocenters. The van der Waals surface area contributed by atoms with Crippen LogP contribution in [0.5, 0.6) is 0 Å². The van der Waals surface area contributed by atoms with Gasteiger partial charge in [0, 0.05) is 12.6 Å². The predicted molar refractivity (Wildman–Crippen MR) is 80.5 cm³/mol. The number of benzene rings is 1. The Balaban J connectivity index is 1.66. The topological polar surface area (TPSA) is 74.0 Å². The molecule has 0 aliphatic carbocycles. The first kappa shape index (κ1) is 14.8. The Hall–Kier alpha value is -2.56. The number of hydrogen-bond acceptors (Lipinski definition) is 2. The highest BCUT2D eigenvalue weighted by Gasteiger charge is 2.07. The lowest BCUT2D eigenvalue weighted by molar-refractivity contribution is -0.121. The van der Waals surface area contributed by atoms with Gasteiger partial charge in [0.25, 0.3) is 5.91 Å². The zero-order valence-corrected chi connectivity index (χ0v) is 12.0. The highest BCUT2D eigenvalue weighted by molar-refractivity contribution is 5.93. The molecule has 2 amide bonds. The van der Waals surface area contributed by atoms with E-state index in [0.29, 0.717) is 12.1 Å². The summed E-state index contributed by atoms with van der Waals surface area (Å²) in [5.41, 5.74) is 7.63.